The normalized spacial score (nSPS) is 11.5. The lowest BCUT2D eigenvalue weighted by Gasteiger charge is -2.13. The third kappa shape index (κ3) is 4.46. The molecule has 0 spiro atoms. The Bertz CT molecular complexity index is 1940. The molecule has 0 aliphatic carbocycles. The number of rotatable bonds is 6. The Hall–Kier alpha value is -4.46. The second-order valence-corrected chi connectivity index (χ2v) is 11.0. The van der Waals surface area contributed by atoms with E-state index in [4.69, 9.17) is 27.6 Å². The predicted molar refractivity (Wildman–Crippen MR) is 167 cm³/mol. The van der Waals surface area contributed by atoms with Crippen molar-refractivity contribution in [3.63, 3.8) is 0 Å². The van der Waals surface area contributed by atoms with Crippen molar-refractivity contribution >= 4 is 23.2 Å². The summed E-state index contributed by atoms with van der Waals surface area (Å²) in [5.41, 5.74) is 4.07. The van der Waals surface area contributed by atoms with Crippen molar-refractivity contribution in [2.24, 2.45) is 14.1 Å². The Morgan fingerprint density at radius 2 is 1.14 bits per heavy atom. The number of halogens is 2. The first-order chi connectivity index (χ1) is 20.2. The minimum Gasteiger partial charge on any atom is -0.460 e. The maximum Gasteiger partial charge on any atom is 0.275 e. The van der Waals surface area contributed by atoms with Gasteiger partial charge in [-0.25, -0.2) is 9.36 Å². The molecule has 0 aliphatic heterocycles. The minimum absolute atomic E-state index is 0.229. The summed E-state index contributed by atoms with van der Waals surface area (Å²) in [4.78, 5) is 28.6. The number of nitrogens with zero attached hydrogens (tertiary/aromatic N) is 4. The Kier molecular flexibility index (Phi) is 7.09. The Labute approximate surface area is 252 Å². The smallest absolute Gasteiger partial charge is 0.275 e. The summed E-state index contributed by atoms with van der Waals surface area (Å²) in [6.07, 6.45) is 0. The summed E-state index contributed by atoms with van der Waals surface area (Å²) in [5, 5.41) is 0.839. The van der Waals surface area contributed by atoms with Crippen LogP contribution in [0.3, 0.4) is 0 Å². The molecule has 0 unspecified atom stereocenters. The number of hydrogen-bond acceptors (Lipinski definition) is 3. The van der Waals surface area contributed by atoms with Gasteiger partial charge in [0.25, 0.3) is 11.1 Å². The molecule has 6 aromatic rings. The zero-order chi connectivity index (χ0) is 29.7. The highest BCUT2D eigenvalue weighted by Crippen LogP contribution is 2.37. The molecule has 0 aliphatic rings. The van der Waals surface area contributed by atoms with Crippen molar-refractivity contribution in [2.75, 3.05) is 0 Å². The molecule has 0 fully saturated rings. The van der Waals surface area contributed by atoms with E-state index in [1.54, 1.807) is 21.5 Å². The average molecular weight is 600 g/mol. The van der Waals surface area contributed by atoms with E-state index in [1.165, 1.54) is 0 Å². The first kappa shape index (κ1) is 27.7. The van der Waals surface area contributed by atoms with Crippen LogP contribution >= 0.6 is 23.2 Å². The fraction of sp³-hybridized carbons (Fsp3) is 0.152. The Morgan fingerprint density at radius 3 is 1.62 bits per heavy atom. The number of furan rings is 1. The monoisotopic (exact) mass is 598 g/mol. The van der Waals surface area contributed by atoms with Crippen molar-refractivity contribution in [2.45, 2.75) is 19.8 Å². The highest BCUT2D eigenvalue weighted by Gasteiger charge is 2.35. The summed E-state index contributed by atoms with van der Waals surface area (Å²) in [6, 6.07) is 27.8. The van der Waals surface area contributed by atoms with E-state index in [0.717, 1.165) is 28.3 Å². The molecular weight excluding hydrogens is 571 g/mol. The van der Waals surface area contributed by atoms with Crippen LogP contribution in [-0.4, -0.2) is 18.7 Å². The molecule has 0 radical (unpaired) electrons. The van der Waals surface area contributed by atoms with Gasteiger partial charge in [0.05, 0.1) is 38.5 Å². The summed E-state index contributed by atoms with van der Waals surface area (Å²) in [5.74, 6) is 0.226. The van der Waals surface area contributed by atoms with Crippen molar-refractivity contribution in [1.82, 2.24) is 18.7 Å². The Balaban J connectivity index is 1.63. The molecule has 42 heavy (non-hydrogen) atoms. The standard InChI is InChI=1S/C33H28Cl2N4O3/c1-20-29(32(40)38(36(20)3)23-11-7-5-8-12-23)31(28-18-17-27(42-28)22-15-16-25(34)26(35)19-22)30-21(2)37(4)39(33(30)41)24-13-9-6-10-14-24/h5-19,31H,1-4H3. The molecular formula is C33H28Cl2N4O3. The van der Waals surface area contributed by atoms with Crippen LogP contribution in [-0.2, 0) is 14.1 Å². The van der Waals surface area contributed by atoms with Crippen LogP contribution in [0.1, 0.15) is 34.2 Å². The third-order valence-corrected chi connectivity index (χ3v) is 8.63. The average Bonchev–Trinajstić information content (AvgIpc) is 3.63. The van der Waals surface area contributed by atoms with E-state index in [0.29, 0.717) is 32.7 Å². The van der Waals surface area contributed by atoms with Gasteiger partial charge in [0, 0.05) is 31.0 Å². The third-order valence-electron chi connectivity index (χ3n) is 7.89. The van der Waals surface area contributed by atoms with E-state index >= 15 is 0 Å². The molecule has 7 nitrogen and oxygen atoms in total. The quantitative estimate of drug-likeness (QED) is 0.207. The maximum atomic E-state index is 14.3. The highest BCUT2D eigenvalue weighted by atomic mass is 35.5. The molecule has 6 rings (SSSR count). The van der Waals surface area contributed by atoms with Crippen molar-refractivity contribution in [1.29, 1.82) is 0 Å². The number of benzene rings is 3. The molecule has 9 heteroatoms. The van der Waals surface area contributed by atoms with Gasteiger partial charge in [-0.2, -0.15) is 0 Å². The first-order valence-electron chi connectivity index (χ1n) is 13.4. The van der Waals surface area contributed by atoms with Crippen LogP contribution in [0.2, 0.25) is 10.0 Å². The second kappa shape index (κ2) is 10.7. The van der Waals surface area contributed by atoms with Crippen LogP contribution in [0.5, 0.6) is 0 Å². The van der Waals surface area contributed by atoms with Gasteiger partial charge in [0.2, 0.25) is 0 Å². The molecule has 0 saturated heterocycles. The van der Waals surface area contributed by atoms with Gasteiger partial charge in [0.1, 0.15) is 11.5 Å². The number of aromatic nitrogens is 4. The molecule has 0 saturated carbocycles. The summed E-state index contributed by atoms with van der Waals surface area (Å²) in [7, 11) is 3.68. The Morgan fingerprint density at radius 1 is 0.643 bits per heavy atom. The van der Waals surface area contributed by atoms with Crippen LogP contribution < -0.4 is 11.1 Å². The van der Waals surface area contributed by atoms with Gasteiger partial charge in [-0.3, -0.25) is 19.0 Å². The molecule has 0 N–H and O–H groups in total. The second-order valence-electron chi connectivity index (χ2n) is 10.2. The van der Waals surface area contributed by atoms with Gasteiger partial charge < -0.3 is 4.42 Å². The molecule has 3 heterocycles. The molecule has 3 aromatic carbocycles. The molecule has 0 amide bonds. The van der Waals surface area contributed by atoms with Crippen LogP contribution in [0.25, 0.3) is 22.7 Å². The van der Waals surface area contributed by atoms with Gasteiger partial charge in [-0.1, -0.05) is 59.6 Å². The highest BCUT2D eigenvalue weighted by molar-refractivity contribution is 6.42. The first-order valence-corrected chi connectivity index (χ1v) is 14.2. The lowest BCUT2D eigenvalue weighted by molar-refractivity contribution is 0.513. The SMILES string of the molecule is Cc1c(C(c2ccc(-c3ccc(Cl)c(Cl)c3)o2)c2c(C)n(C)n(-c3ccccc3)c2=O)c(=O)n(-c2ccccc2)n1C. The van der Waals surface area contributed by atoms with Crippen molar-refractivity contribution < 1.29 is 4.42 Å². The van der Waals surface area contributed by atoms with Crippen molar-refractivity contribution in [3.05, 3.63) is 150 Å². The lowest BCUT2D eigenvalue weighted by atomic mass is 9.89. The fourth-order valence-corrected chi connectivity index (χ4v) is 5.88. The largest absolute Gasteiger partial charge is 0.460 e. The van der Waals surface area contributed by atoms with E-state index < -0.39 is 5.92 Å². The van der Waals surface area contributed by atoms with Gasteiger partial charge >= 0.3 is 0 Å². The summed E-state index contributed by atoms with van der Waals surface area (Å²) < 4.78 is 13.3. The maximum absolute atomic E-state index is 14.3. The number of para-hydroxylation sites is 2. The zero-order valence-corrected chi connectivity index (χ0v) is 25.0. The molecule has 0 atom stereocenters. The van der Waals surface area contributed by atoms with Crippen LogP contribution in [0, 0.1) is 13.8 Å². The van der Waals surface area contributed by atoms with Gasteiger partial charge in [-0.15, -0.1) is 0 Å². The fourth-order valence-electron chi connectivity index (χ4n) is 5.58. The summed E-state index contributed by atoms with van der Waals surface area (Å²) in [6.45, 7) is 3.78. The molecule has 212 valence electrons. The summed E-state index contributed by atoms with van der Waals surface area (Å²) >= 11 is 12.4. The van der Waals surface area contributed by atoms with E-state index in [1.807, 2.05) is 116 Å². The topological polar surface area (TPSA) is 67.0 Å². The van der Waals surface area contributed by atoms with Crippen LogP contribution in [0.4, 0.5) is 0 Å². The van der Waals surface area contributed by atoms with Gasteiger partial charge in [0.15, 0.2) is 0 Å². The van der Waals surface area contributed by atoms with E-state index in [2.05, 4.69) is 0 Å². The van der Waals surface area contributed by atoms with E-state index in [-0.39, 0.29) is 11.1 Å². The van der Waals surface area contributed by atoms with Crippen molar-refractivity contribution in [3.8, 4) is 22.7 Å². The lowest BCUT2D eigenvalue weighted by Crippen LogP contribution is -2.26. The van der Waals surface area contributed by atoms with Gasteiger partial charge in [-0.05, 0) is 68.4 Å². The molecule has 0 bridgehead atoms. The van der Waals surface area contributed by atoms with Crippen LogP contribution in [0.15, 0.2) is 105 Å². The number of hydrogen-bond donors (Lipinski definition) is 0. The molecule has 3 aromatic heterocycles. The zero-order valence-electron chi connectivity index (χ0n) is 23.5. The minimum atomic E-state index is -0.783. The predicted octanol–water partition coefficient (Wildman–Crippen LogP) is 7.03. The van der Waals surface area contributed by atoms with E-state index in [9.17, 15) is 9.59 Å².